The van der Waals surface area contributed by atoms with Gasteiger partial charge in [-0.05, 0) is 6.42 Å². The topological polar surface area (TPSA) is 40.5 Å². The van der Waals surface area contributed by atoms with Gasteiger partial charge in [0.25, 0.3) is 0 Å². The van der Waals surface area contributed by atoms with E-state index in [-0.39, 0.29) is 18.6 Å². The first-order valence-corrected chi connectivity index (χ1v) is 4.34. The van der Waals surface area contributed by atoms with Crippen molar-refractivity contribution in [2.75, 3.05) is 6.61 Å². The number of hydrogen-bond acceptors (Lipinski definition) is 2. The lowest BCUT2D eigenvalue weighted by molar-refractivity contribution is 0.134. The van der Waals surface area contributed by atoms with Crippen molar-refractivity contribution in [1.82, 2.24) is 0 Å². The molecule has 0 aromatic carbocycles. The van der Waals surface area contributed by atoms with Crippen LogP contribution in [0, 0.1) is 5.92 Å². The first-order valence-electron chi connectivity index (χ1n) is 4.34. The van der Waals surface area contributed by atoms with Crippen molar-refractivity contribution in [1.29, 1.82) is 0 Å². The third kappa shape index (κ3) is 5.10. The molecule has 2 unspecified atom stereocenters. The van der Waals surface area contributed by atoms with Crippen LogP contribution >= 0.6 is 0 Å². The molecule has 0 aromatic rings. The smallest absolute Gasteiger partial charge is 0.0615 e. The maximum Gasteiger partial charge on any atom is 0.0615 e. The minimum absolute atomic E-state index is 0.0645. The molecule has 0 saturated carbocycles. The van der Waals surface area contributed by atoms with Crippen LogP contribution in [0.15, 0.2) is 24.3 Å². The van der Waals surface area contributed by atoms with Gasteiger partial charge in [0.05, 0.1) is 12.7 Å². The Kier molecular flexibility index (Phi) is 6.72. The van der Waals surface area contributed by atoms with Crippen LogP contribution in [0.1, 0.15) is 20.3 Å². The maximum absolute atomic E-state index is 9.36. The van der Waals surface area contributed by atoms with Crippen LogP contribution in [0.2, 0.25) is 0 Å². The molecule has 2 N–H and O–H groups in total. The van der Waals surface area contributed by atoms with Gasteiger partial charge in [-0.2, -0.15) is 0 Å². The highest BCUT2D eigenvalue weighted by Crippen LogP contribution is 2.07. The third-order valence-electron chi connectivity index (χ3n) is 1.79. The molecule has 0 aliphatic carbocycles. The zero-order chi connectivity index (χ0) is 9.40. The molecule has 0 saturated heterocycles. The minimum Gasteiger partial charge on any atom is -0.393 e. The highest BCUT2D eigenvalue weighted by atomic mass is 16.3. The van der Waals surface area contributed by atoms with Crippen molar-refractivity contribution in [3.05, 3.63) is 24.3 Å². The second-order valence-electron chi connectivity index (χ2n) is 2.83. The predicted molar refractivity (Wildman–Crippen MR) is 50.8 cm³/mol. The quantitative estimate of drug-likeness (QED) is 0.614. The molecule has 0 amide bonds. The SMILES string of the molecule is CCC(O)C(C)C=CC=CCO. The van der Waals surface area contributed by atoms with E-state index in [0.717, 1.165) is 6.42 Å². The Morgan fingerprint density at radius 1 is 1.33 bits per heavy atom. The van der Waals surface area contributed by atoms with Crippen molar-refractivity contribution >= 4 is 0 Å². The van der Waals surface area contributed by atoms with E-state index in [0.29, 0.717) is 0 Å². The van der Waals surface area contributed by atoms with Crippen molar-refractivity contribution in [2.45, 2.75) is 26.4 Å². The Hall–Kier alpha value is -0.600. The third-order valence-corrected chi connectivity index (χ3v) is 1.79. The summed E-state index contributed by atoms with van der Waals surface area (Å²) in [6.07, 6.45) is 7.72. The van der Waals surface area contributed by atoms with Crippen molar-refractivity contribution in [3.63, 3.8) is 0 Å². The summed E-state index contributed by atoms with van der Waals surface area (Å²) in [5.41, 5.74) is 0. The fourth-order valence-corrected chi connectivity index (χ4v) is 0.879. The number of rotatable bonds is 5. The first-order chi connectivity index (χ1) is 5.72. The van der Waals surface area contributed by atoms with Crippen LogP contribution in [0.5, 0.6) is 0 Å². The summed E-state index contributed by atoms with van der Waals surface area (Å²) in [6.45, 7) is 3.99. The number of allylic oxidation sites excluding steroid dienone is 2. The molecule has 0 bridgehead atoms. The average Bonchev–Trinajstić information content (AvgIpc) is 2.10. The molecular weight excluding hydrogens is 152 g/mol. The lowest BCUT2D eigenvalue weighted by Crippen LogP contribution is -2.13. The summed E-state index contributed by atoms with van der Waals surface area (Å²) in [7, 11) is 0. The number of hydrogen-bond donors (Lipinski definition) is 2. The largest absolute Gasteiger partial charge is 0.393 e. The van der Waals surface area contributed by atoms with Gasteiger partial charge in [-0.3, -0.25) is 0 Å². The van der Waals surface area contributed by atoms with E-state index in [2.05, 4.69) is 0 Å². The fraction of sp³-hybridized carbons (Fsp3) is 0.600. The Bertz CT molecular complexity index is 150. The van der Waals surface area contributed by atoms with Crippen LogP contribution in [-0.4, -0.2) is 22.9 Å². The van der Waals surface area contributed by atoms with E-state index >= 15 is 0 Å². The van der Waals surface area contributed by atoms with Gasteiger partial charge in [0.1, 0.15) is 0 Å². The first kappa shape index (κ1) is 11.4. The van der Waals surface area contributed by atoms with Gasteiger partial charge >= 0.3 is 0 Å². The van der Waals surface area contributed by atoms with Crippen LogP contribution in [0.4, 0.5) is 0 Å². The van der Waals surface area contributed by atoms with E-state index in [1.165, 1.54) is 0 Å². The van der Waals surface area contributed by atoms with Crippen LogP contribution in [0.25, 0.3) is 0 Å². The van der Waals surface area contributed by atoms with Gasteiger partial charge in [0.15, 0.2) is 0 Å². The molecule has 0 fully saturated rings. The standard InChI is InChI=1S/C10H18O2/c1-3-10(12)9(2)7-5-4-6-8-11/h4-7,9-12H,3,8H2,1-2H3. The lowest BCUT2D eigenvalue weighted by atomic mass is 10.0. The van der Waals surface area contributed by atoms with E-state index in [1.807, 2.05) is 26.0 Å². The molecule has 0 heterocycles. The van der Waals surface area contributed by atoms with Gasteiger partial charge in [0, 0.05) is 5.92 Å². The van der Waals surface area contributed by atoms with E-state index in [4.69, 9.17) is 5.11 Å². The molecule has 0 spiro atoms. The Morgan fingerprint density at radius 2 is 2.00 bits per heavy atom. The molecule has 2 heteroatoms. The second-order valence-corrected chi connectivity index (χ2v) is 2.83. The van der Waals surface area contributed by atoms with E-state index < -0.39 is 0 Å². The molecule has 12 heavy (non-hydrogen) atoms. The molecule has 0 aromatic heterocycles. The van der Waals surface area contributed by atoms with Crippen molar-refractivity contribution in [2.24, 2.45) is 5.92 Å². The van der Waals surface area contributed by atoms with Gasteiger partial charge in [-0.1, -0.05) is 38.2 Å². The predicted octanol–water partition coefficient (Wildman–Crippen LogP) is 1.50. The van der Waals surface area contributed by atoms with E-state index in [9.17, 15) is 5.11 Å². The molecular formula is C10H18O2. The Balaban J connectivity index is 3.74. The molecule has 0 radical (unpaired) electrons. The van der Waals surface area contributed by atoms with Crippen LogP contribution < -0.4 is 0 Å². The minimum atomic E-state index is -0.260. The number of aliphatic hydroxyl groups excluding tert-OH is 2. The normalized spacial score (nSPS) is 17.3. The molecule has 70 valence electrons. The zero-order valence-electron chi connectivity index (χ0n) is 7.77. The fourth-order valence-electron chi connectivity index (χ4n) is 0.879. The maximum atomic E-state index is 9.36. The summed E-state index contributed by atoms with van der Waals surface area (Å²) in [5.74, 6) is 0.179. The summed E-state index contributed by atoms with van der Waals surface area (Å²) in [5, 5.41) is 17.8. The Morgan fingerprint density at radius 3 is 2.50 bits per heavy atom. The lowest BCUT2D eigenvalue weighted by Gasteiger charge is -2.11. The average molecular weight is 170 g/mol. The zero-order valence-corrected chi connectivity index (χ0v) is 7.77. The number of aliphatic hydroxyl groups is 2. The highest BCUT2D eigenvalue weighted by Gasteiger charge is 2.06. The summed E-state index contributed by atoms with van der Waals surface area (Å²) in [6, 6.07) is 0. The molecule has 2 atom stereocenters. The molecule has 2 nitrogen and oxygen atoms in total. The van der Waals surface area contributed by atoms with Gasteiger partial charge in [0.2, 0.25) is 0 Å². The van der Waals surface area contributed by atoms with E-state index in [1.54, 1.807) is 12.2 Å². The summed E-state index contributed by atoms with van der Waals surface area (Å²) < 4.78 is 0. The molecule has 0 rings (SSSR count). The van der Waals surface area contributed by atoms with Crippen molar-refractivity contribution < 1.29 is 10.2 Å². The van der Waals surface area contributed by atoms with Gasteiger partial charge in [-0.15, -0.1) is 0 Å². The summed E-state index contributed by atoms with van der Waals surface area (Å²) >= 11 is 0. The molecule has 0 aliphatic heterocycles. The second kappa shape index (κ2) is 7.07. The molecule has 0 aliphatic rings. The Labute approximate surface area is 74.2 Å². The van der Waals surface area contributed by atoms with Gasteiger partial charge in [-0.25, -0.2) is 0 Å². The highest BCUT2D eigenvalue weighted by molar-refractivity contribution is 5.04. The van der Waals surface area contributed by atoms with Crippen LogP contribution in [0.3, 0.4) is 0 Å². The summed E-state index contributed by atoms with van der Waals surface area (Å²) in [4.78, 5) is 0. The van der Waals surface area contributed by atoms with Gasteiger partial charge < -0.3 is 10.2 Å². The van der Waals surface area contributed by atoms with Crippen molar-refractivity contribution in [3.8, 4) is 0 Å². The van der Waals surface area contributed by atoms with Crippen LogP contribution in [-0.2, 0) is 0 Å². The monoisotopic (exact) mass is 170 g/mol.